The van der Waals surface area contributed by atoms with Gasteiger partial charge in [-0.3, -0.25) is 9.52 Å². The molecular weight excluding hydrogens is 324 g/mol. The van der Waals surface area contributed by atoms with E-state index < -0.39 is 15.4 Å². The first kappa shape index (κ1) is 16.5. The lowest BCUT2D eigenvalue weighted by Crippen LogP contribution is -2.27. The molecule has 0 bridgehead atoms. The van der Waals surface area contributed by atoms with Crippen LogP contribution in [0.4, 0.5) is 11.4 Å². The van der Waals surface area contributed by atoms with Gasteiger partial charge < -0.3 is 5.32 Å². The third-order valence-corrected chi connectivity index (χ3v) is 5.93. The summed E-state index contributed by atoms with van der Waals surface area (Å²) in [5.41, 5.74) is 3.24. The SMILES string of the molecule is Cc1ccc(NS(=O)(=O)c2ccc3c(c2)C(C)(C)C(=O)N3)cc1C. The van der Waals surface area contributed by atoms with Crippen molar-refractivity contribution >= 4 is 27.3 Å². The van der Waals surface area contributed by atoms with Gasteiger partial charge in [0.1, 0.15) is 0 Å². The van der Waals surface area contributed by atoms with Crippen LogP contribution in [0.15, 0.2) is 41.3 Å². The third-order valence-electron chi connectivity index (χ3n) is 4.55. The van der Waals surface area contributed by atoms with Gasteiger partial charge in [0.15, 0.2) is 0 Å². The molecule has 1 aliphatic rings. The number of carbonyl (C=O) groups is 1. The van der Waals surface area contributed by atoms with E-state index in [1.165, 1.54) is 6.07 Å². The van der Waals surface area contributed by atoms with Gasteiger partial charge in [0.05, 0.1) is 10.3 Å². The highest BCUT2D eigenvalue weighted by atomic mass is 32.2. The Balaban J connectivity index is 1.98. The fourth-order valence-electron chi connectivity index (χ4n) is 2.74. The Hall–Kier alpha value is -2.34. The standard InChI is InChI=1S/C18H20N2O3S/c1-11-5-6-13(9-12(11)2)20-24(22,23)14-7-8-16-15(10-14)18(3,4)17(21)19-16/h5-10,20H,1-4H3,(H,19,21). The van der Waals surface area contributed by atoms with Crippen LogP contribution in [0.5, 0.6) is 0 Å². The summed E-state index contributed by atoms with van der Waals surface area (Å²) in [4.78, 5) is 12.1. The fraction of sp³-hybridized carbons (Fsp3) is 0.278. The number of benzene rings is 2. The van der Waals surface area contributed by atoms with Crippen LogP contribution < -0.4 is 10.0 Å². The minimum atomic E-state index is -3.72. The van der Waals surface area contributed by atoms with E-state index in [0.29, 0.717) is 16.9 Å². The van der Waals surface area contributed by atoms with E-state index in [1.54, 1.807) is 38.1 Å². The van der Waals surface area contributed by atoms with Crippen LogP contribution in [0.3, 0.4) is 0 Å². The normalized spacial score (nSPS) is 15.8. The van der Waals surface area contributed by atoms with Gasteiger partial charge in [-0.1, -0.05) is 6.07 Å². The Bertz CT molecular complexity index is 947. The molecule has 6 heteroatoms. The van der Waals surface area contributed by atoms with E-state index in [4.69, 9.17) is 0 Å². The van der Waals surface area contributed by atoms with Gasteiger partial charge in [-0.2, -0.15) is 0 Å². The number of rotatable bonds is 3. The Morgan fingerprint density at radius 3 is 2.38 bits per heavy atom. The second-order valence-electron chi connectivity index (χ2n) is 6.69. The maximum atomic E-state index is 12.7. The molecule has 1 heterocycles. The molecule has 1 aliphatic heterocycles. The topological polar surface area (TPSA) is 75.3 Å². The van der Waals surface area contributed by atoms with Gasteiger partial charge >= 0.3 is 0 Å². The first-order valence-electron chi connectivity index (χ1n) is 7.67. The van der Waals surface area contributed by atoms with Gasteiger partial charge in [0, 0.05) is 11.4 Å². The summed E-state index contributed by atoms with van der Waals surface area (Å²) in [5.74, 6) is -0.130. The summed E-state index contributed by atoms with van der Waals surface area (Å²) in [6.07, 6.45) is 0. The monoisotopic (exact) mass is 344 g/mol. The predicted molar refractivity (Wildman–Crippen MR) is 94.8 cm³/mol. The molecule has 0 fully saturated rings. The van der Waals surface area contributed by atoms with Crippen molar-refractivity contribution in [2.75, 3.05) is 10.0 Å². The van der Waals surface area contributed by atoms with Crippen LogP contribution in [0.2, 0.25) is 0 Å². The molecule has 2 aromatic carbocycles. The van der Waals surface area contributed by atoms with Crippen molar-refractivity contribution in [2.24, 2.45) is 0 Å². The number of hydrogen-bond acceptors (Lipinski definition) is 3. The number of sulfonamides is 1. The quantitative estimate of drug-likeness (QED) is 0.897. The molecule has 0 saturated carbocycles. The molecule has 5 nitrogen and oxygen atoms in total. The van der Waals surface area contributed by atoms with E-state index in [9.17, 15) is 13.2 Å². The van der Waals surface area contributed by atoms with Gasteiger partial charge in [0.25, 0.3) is 10.0 Å². The van der Waals surface area contributed by atoms with Crippen LogP contribution in [0.25, 0.3) is 0 Å². The lowest BCUT2D eigenvalue weighted by atomic mass is 9.86. The Morgan fingerprint density at radius 2 is 1.71 bits per heavy atom. The molecule has 3 rings (SSSR count). The first-order valence-corrected chi connectivity index (χ1v) is 9.15. The number of nitrogens with one attached hydrogen (secondary N) is 2. The third kappa shape index (κ3) is 2.67. The fourth-order valence-corrected chi connectivity index (χ4v) is 3.81. The summed E-state index contributed by atoms with van der Waals surface area (Å²) in [7, 11) is -3.72. The molecule has 0 aromatic heterocycles. The van der Waals surface area contributed by atoms with E-state index >= 15 is 0 Å². The molecule has 2 aromatic rings. The molecule has 0 atom stereocenters. The van der Waals surface area contributed by atoms with Crippen LogP contribution in [0, 0.1) is 13.8 Å². The first-order chi connectivity index (χ1) is 11.1. The summed E-state index contributed by atoms with van der Waals surface area (Å²) >= 11 is 0. The van der Waals surface area contributed by atoms with Gasteiger partial charge in [-0.25, -0.2) is 8.42 Å². The molecule has 1 amide bonds. The van der Waals surface area contributed by atoms with Crippen molar-refractivity contribution in [3.05, 3.63) is 53.1 Å². The molecule has 126 valence electrons. The smallest absolute Gasteiger partial charge is 0.261 e. The van der Waals surface area contributed by atoms with Crippen molar-refractivity contribution in [1.29, 1.82) is 0 Å². The lowest BCUT2D eigenvalue weighted by molar-refractivity contribution is -0.119. The Labute approximate surface area is 142 Å². The molecule has 0 unspecified atom stereocenters. The highest BCUT2D eigenvalue weighted by Crippen LogP contribution is 2.38. The van der Waals surface area contributed by atoms with Crippen molar-refractivity contribution in [3.63, 3.8) is 0 Å². The van der Waals surface area contributed by atoms with Crippen LogP contribution in [-0.4, -0.2) is 14.3 Å². The van der Waals surface area contributed by atoms with E-state index in [0.717, 1.165) is 11.1 Å². The Morgan fingerprint density at radius 1 is 1.00 bits per heavy atom. The number of amides is 1. The maximum absolute atomic E-state index is 12.7. The molecule has 0 spiro atoms. The molecule has 0 aliphatic carbocycles. The van der Waals surface area contributed by atoms with Crippen molar-refractivity contribution < 1.29 is 13.2 Å². The van der Waals surface area contributed by atoms with Crippen LogP contribution in [0.1, 0.15) is 30.5 Å². The number of hydrogen-bond donors (Lipinski definition) is 2. The zero-order chi connectivity index (χ0) is 17.7. The molecular formula is C18H20N2O3S. The minimum absolute atomic E-state index is 0.130. The second kappa shape index (κ2) is 5.34. The average Bonchev–Trinajstić information content (AvgIpc) is 2.72. The van der Waals surface area contributed by atoms with E-state index in [1.807, 2.05) is 19.9 Å². The summed E-state index contributed by atoms with van der Waals surface area (Å²) in [6.45, 7) is 7.46. The van der Waals surface area contributed by atoms with Crippen molar-refractivity contribution in [1.82, 2.24) is 0 Å². The maximum Gasteiger partial charge on any atom is 0.261 e. The zero-order valence-electron chi connectivity index (χ0n) is 14.1. The zero-order valence-corrected chi connectivity index (χ0v) is 14.9. The number of fused-ring (bicyclic) bond motifs is 1. The predicted octanol–water partition coefficient (Wildman–Crippen LogP) is 3.33. The van der Waals surface area contributed by atoms with Gasteiger partial charge in [-0.05, 0) is 74.7 Å². The molecule has 2 N–H and O–H groups in total. The highest BCUT2D eigenvalue weighted by molar-refractivity contribution is 7.92. The van der Waals surface area contributed by atoms with Crippen LogP contribution in [-0.2, 0) is 20.2 Å². The molecule has 0 radical (unpaired) electrons. The van der Waals surface area contributed by atoms with E-state index in [-0.39, 0.29) is 10.8 Å². The van der Waals surface area contributed by atoms with Crippen molar-refractivity contribution in [2.45, 2.75) is 38.0 Å². The van der Waals surface area contributed by atoms with Gasteiger partial charge in [0.2, 0.25) is 5.91 Å². The second-order valence-corrected chi connectivity index (χ2v) is 8.37. The highest BCUT2D eigenvalue weighted by Gasteiger charge is 2.39. The largest absolute Gasteiger partial charge is 0.325 e. The number of aryl methyl sites for hydroxylation is 2. The average molecular weight is 344 g/mol. The summed E-state index contributed by atoms with van der Waals surface area (Å²) < 4.78 is 27.9. The molecule has 0 saturated heterocycles. The minimum Gasteiger partial charge on any atom is -0.325 e. The number of anilines is 2. The Kier molecular flexibility index (Phi) is 3.68. The summed E-state index contributed by atoms with van der Waals surface area (Å²) in [5, 5.41) is 2.78. The lowest BCUT2D eigenvalue weighted by Gasteiger charge is -2.16. The molecule has 24 heavy (non-hydrogen) atoms. The van der Waals surface area contributed by atoms with E-state index in [2.05, 4.69) is 10.0 Å². The van der Waals surface area contributed by atoms with Crippen molar-refractivity contribution in [3.8, 4) is 0 Å². The summed E-state index contributed by atoms with van der Waals surface area (Å²) in [6, 6.07) is 10.1. The number of carbonyl (C=O) groups excluding carboxylic acids is 1. The van der Waals surface area contributed by atoms with Crippen LogP contribution >= 0.6 is 0 Å². The van der Waals surface area contributed by atoms with Gasteiger partial charge in [-0.15, -0.1) is 0 Å².